The van der Waals surface area contributed by atoms with Crippen LogP contribution in [-0.2, 0) is 13.1 Å². The third-order valence-corrected chi connectivity index (χ3v) is 3.16. The average Bonchev–Trinajstić information content (AvgIpc) is 2.95. The molecule has 0 bridgehead atoms. The maximum absolute atomic E-state index is 5.83. The van der Waals surface area contributed by atoms with Crippen LogP contribution in [0.1, 0.15) is 11.1 Å². The molecule has 6 heteroatoms. The molecule has 0 saturated heterocycles. The minimum absolute atomic E-state index is 0.280. The summed E-state index contributed by atoms with van der Waals surface area (Å²) in [6.07, 6.45) is 0. The highest BCUT2D eigenvalue weighted by molar-refractivity contribution is 5.23. The van der Waals surface area contributed by atoms with E-state index in [9.17, 15) is 0 Å². The standard InChI is InChI=1S/C15H16N6/c16-15-17-18-19-21(15)20(11-13-7-3-1-4-8-13)12-14-9-5-2-6-10-14/h1-10H,11-12H2,(H2,16,17,19). The maximum atomic E-state index is 5.83. The molecule has 0 aliphatic heterocycles. The van der Waals surface area contributed by atoms with Crippen molar-refractivity contribution in [1.82, 2.24) is 20.3 Å². The molecule has 2 N–H and O–H groups in total. The van der Waals surface area contributed by atoms with E-state index in [1.165, 1.54) is 11.1 Å². The maximum Gasteiger partial charge on any atom is 0.260 e. The Morgan fingerprint density at radius 1 is 0.857 bits per heavy atom. The monoisotopic (exact) mass is 280 g/mol. The molecule has 21 heavy (non-hydrogen) atoms. The highest BCUT2D eigenvalue weighted by Gasteiger charge is 2.12. The SMILES string of the molecule is Nc1nnnn1N(Cc1ccccc1)Cc1ccccc1. The van der Waals surface area contributed by atoms with Gasteiger partial charge in [0.15, 0.2) is 0 Å². The minimum atomic E-state index is 0.280. The van der Waals surface area contributed by atoms with Crippen LogP contribution in [0.3, 0.4) is 0 Å². The summed E-state index contributed by atoms with van der Waals surface area (Å²) in [5.41, 5.74) is 8.17. The molecule has 0 aliphatic carbocycles. The van der Waals surface area contributed by atoms with Crippen LogP contribution >= 0.6 is 0 Å². The van der Waals surface area contributed by atoms with E-state index >= 15 is 0 Å². The van der Waals surface area contributed by atoms with Gasteiger partial charge in [0.2, 0.25) is 0 Å². The van der Waals surface area contributed by atoms with Crippen molar-refractivity contribution in [1.29, 1.82) is 0 Å². The highest BCUT2D eigenvalue weighted by Crippen LogP contribution is 2.10. The van der Waals surface area contributed by atoms with E-state index in [2.05, 4.69) is 39.8 Å². The summed E-state index contributed by atoms with van der Waals surface area (Å²) in [5, 5.41) is 13.3. The molecule has 0 unspecified atom stereocenters. The summed E-state index contributed by atoms with van der Waals surface area (Å²) in [4.78, 5) is 1.54. The summed E-state index contributed by atoms with van der Waals surface area (Å²) in [6.45, 7) is 1.34. The Labute approximate surface area is 122 Å². The molecule has 0 radical (unpaired) electrons. The first kappa shape index (κ1) is 13.1. The summed E-state index contributed by atoms with van der Waals surface area (Å²) in [5.74, 6) is 0.280. The second-order valence-electron chi connectivity index (χ2n) is 4.72. The Morgan fingerprint density at radius 2 is 1.38 bits per heavy atom. The van der Waals surface area contributed by atoms with E-state index in [0.717, 1.165) is 0 Å². The van der Waals surface area contributed by atoms with E-state index in [1.54, 1.807) is 4.79 Å². The second kappa shape index (κ2) is 6.04. The number of nitrogen functional groups attached to an aromatic ring is 1. The van der Waals surface area contributed by atoms with E-state index in [4.69, 9.17) is 5.73 Å². The summed E-state index contributed by atoms with van der Waals surface area (Å²) in [6, 6.07) is 20.3. The van der Waals surface area contributed by atoms with Gasteiger partial charge >= 0.3 is 0 Å². The van der Waals surface area contributed by atoms with Crippen LogP contribution in [0.2, 0.25) is 0 Å². The van der Waals surface area contributed by atoms with Gasteiger partial charge in [0.1, 0.15) is 0 Å². The zero-order valence-electron chi connectivity index (χ0n) is 11.5. The smallest absolute Gasteiger partial charge is 0.260 e. The lowest BCUT2D eigenvalue weighted by Gasteiger charge is -2.24. The second-order valence-corrected chi connectivity index (χ2v) is 4.72. The Balaban J connectivity index is 1.86. The summed E-state index contributed by atoms with van der Waals surface area (Å²) < 4.78 is 0. The van der Waals surface area contributed by atoms with Crippen molar-refractivity contribution in [2.75, 3.05) is 10.7 Å². The van der Waals surface area contributed by atoms with E-state index in [1.807, 2.05) is 41.4 Å². The molecule has 106 valence electrons. The van der Waals surface area contributed by atoms with Crippen molar-refractivity contribution in [3.05, 3.63) is 71.8 Å². The van der Waals surface area contributed by atoms with Gasteiger partial charge in [0.25, 0.3) is 5.95 Å². The van der Waals surface area contributed by atoms with Gasteiger partial charge in [-0.05, 0) is 21.6 Å². The van der Waals surface area contributed by atoms with Gasteiger partial charge in [-0.3, -0.25) is 5.01 Å². The Kier molecular flexibility index (Phi) is 3.77. The van der Waals surface area contributed by atoms with Crippen molar-refractivity contribution in [2.24, 2.45) is 0 Å². The highest BCUT2D eigenvalue weighted by atomic mass is 15.8. The van der Waals surface area contributed by atoms with Crippen LogP contribution in [0.15, 0.2) is 60.7 Å². The van der Waals surface area contributed by atoms with Gasteiger partial charge in [-0.15, -0.1) is 4.79 Å². The topological polar surface area (TPSA) is 72.9 Å². The fourth-order valence-electron chi connectivity index (χ4n) is 2.17. The first-order valence-electron chi connectivity index (χ1n) is 6.70. The van der Waals surface area contributed by atoms with E-state index in [0.29, 0.717) is 13.1 Å². The van der Waals surface area contributed by atoms with Crippen molar-refractivity contribution in [2.45, 2.75) is 13.1 Å². The van der Waals surface area contributed by atoms with Crippen LogP contribution in [0, 0.1) is 0 Å². The molecular formula is C15H16N6. The first-order valence-corrected chi connectivity index (χ1v) is 6.70. The molecule has 6 nitrogen and oxygen atoms in total. The molecule has 0 atom stereocenters. The van der Waals surface area contributed by atoms with Crippen molar-refractivity contribution in [3.8, 4) is 0 Å². The number of rotatable bonds is 5. The quantitative estimate of drug-likeness (QED) is 0.768. The van der Waals surface area contributed by atoms with Crippen molar-refractivity contribution >= 4 is 5.95 Å². The number of hydrogen-bond donors (Lipinski definition) is 1. The number of anilines is 1. The van der Waals surface area contributed by atoms with Crippen molar-refractivity contribution in [3.63, 3.8) is 0 Å². The van der Waals surface area contributed by atoms with Crippen molar-refractivity contribution < 1.29 is 0 Å². The third-order valence-electron chi connectivity index (χ3n) is 3.16. The number of hydrogen-bond acceptors (Lipinski definition) is 5. The molecule has 3 rings (SSSR count). The molecule has 0 aliphatic rings. The lowest BCUT2D eigenvalue weighted by Crippen LogP contribution is -2.35. The molecule has 3 aromatic rings. The van der Waals surface area contributed by atoms with Gasteiger partial charge in [0, 0.05) is 0 Å². The summed E-state index contributed by atoms with van der Waals surface area (Å²) in [7, 11) is 0. The number of aromatic nitrogens is 4. The number of nitrogens with zero attached hydrogens (tertiary/aromatic N) is 5. The summed E-state index contributed by atoms with van der Waals surface area (Å²) >= 11 is 0. The lowest BCUT2D eigenvalue weighted by atomic mass is 10.2. The van der Waals surface area contributed by atoms with Gasteiger partial charge < -0.3 is 5.73 Å². The van der Waals surface area contributed by atoms with Crippen LogP contribution in [-0.4, -0.2) is 20.3 Å². The number of benzene rings is 2. The van der Waals surface area contributed by atoms with Crippen LogP contribution in [0.25, 0.3) is 0 Å². The van der Waals surface area contributed by atoms with Gasteiger partial charge in [-0.1, -0.05) is 65.8 Å². The largest absolute Gasteiger partial charge is 0.365 e. The number of nitrogens with two attached hydrogens (primary N) is 1. The molecule has 0 spiro atoms. The molecule has 1 aromatic heterocycles. The fraction of sp³-hybridized carbons (Fsp3) is 0.133. The predicted octanol–water partition coefficient (Wildman–Crippen LogP) is 1.59. The van der Waals surface area contributed by atoms with Crippen LogP contribution < -0.4 is 10.7 Å². The third kappa shape index (κ3) is 3.17. The molecule has 0 fully saturated rings. The van der Waals surface area contributed by atoms with E-state index in [-0.39, 0.29) is 5.95 Å². The molecule has 2 aromatic carbocycles. The van der Waals surface area contributed by atoms with Crippen LogP contribution in [0.5, 0.6) is 0 Å². The predicted molar refractivity (Wildman–Crippen MR) is 80.7 cm³/mol. The molecular weight excluding hydrogens is 264 g/mol. The minimum Gasteiger partial charge on any atom is -0.365 e. The molecule has 0 amide bonds. The first-order chi connectivity index (χ1) is 10.3. The normalized spacial score (nSPS) is 10.5. The lowest BCUT2D eigenvalue weighted by molar-refractivity contribution is 0.512. The van der Waals surface area contributed by atoms with Gasteiger partial charge in [0.05, 0.1) is 13.1 Å². The zero-order valence-corrected chi connectivity index (χ0v) is 11.5. The Bertz CT molecular complexity index is 638. The van der Waals surface area contributed by atoms with Gasteiger partial charge in [-0.2, -0.15) is 0 Å². The Morgan fingerprint density at radius 3 is 1.81 bits per heavy atom. The van der Waals surface area contributed by atoms with Gasteiger partial charge in [-0.25, -0.2) is 0 Å². The zero-order chi connectivity index (χ0) is 14.5. The van der Waals surface area contributed by atoms with Crippen LogP contribution in [0.4, 0.5) is 5.95 Å². The fourth-order valence-corrected chi connectivity index (χ4v) is 2.17. The van der Waals surface area contributed by atoms with E-state index < -0.39 is 0 Å². The Hall–Kier alpha value is -2.89. The average molecular weight is 280 g/mol. The molecule has 1 heterocycles. The number of tetrazole rings is 1. The molecule has 0 saturated carbocycles.